The lowest BCUT2D eigenvalue weighted by molar-refractivity contribution is 0.177. The van der Waals surface area contributed by atoms with Crippen molar-refractivity contribution in [2.75, 3.05) is 31.6 Å². The molecule has 8 heteroatoms. The number of piperazine rings is 1. The van der Waals surface area contributed by atoms with E-state index in [0.717, 1.165) is 18.7 Å². The zero-order valence-electron chi connectivity index (χ0n) is 13.2. The highest BCUT2D eigenvalue weighted by Crippen LogP contribution is 2.30. The number of anilines is 1. The quantitative estimate of drug-likeness (QED) is 0.832. The van der Waals surface area contributed by atoms with Gasteiger partial charge in [-0.05, 0) is 26.5 Å². The van der Waals surface area contributed by atoms with Crippen molar-refractivity contribution in [1.29, 1.82) is 5.26 Å². The predicted octanol–water partition coefficient (Wildman–Crippen LogP) is 2.10. The van der Waals surface area contributed by atoms with Gasteiger partial charge in [0.25, 0.3) is 0 Å². The molecule has 1 atom stereocenters. The molecule has 0 bridgehead atoms. The molecular weight excluding hydrogens is 316 g/mol. The summed E-state index contributed by atoms with van der Waals surface area (Å²) < 4.78 is 5.32. The molecule has 0 aromatic carbocycles. The van der Waals surface area contributed by atoms with Crippen LogP contribution in [-0.2, 0) is 0 Å². The van der Waals surface area contributed by atoms with Gasteiger partial charge in [0, 0.05) is 25.8 Å². The first-order valence-electron chi connectivity index (χ1n) is 7.32. The summed E-state index contributed by atoms with van der Waals surface area (Å²) in [5.74, 6) is 1.85. The number of nitriles is 1. The second kappa shape index (κ2) is 6.14. The number of hydrogen-bond acceptors (Lipinski definition) is 7. The van der Waals surface area contributed by atoms with Gasteiger partial charge in [0.1, 0.15) is 17.9 Å². The Morgan fingerprint density at radius 2 is 2.17 bits per heavy atom. The van der Waals surface area contributed by atoms with E-state index in [-0.39, 0.29) is 6.04 Å². The molecule has 0 amide bonds. The summed E-state index contributed by atoms with van der Waals surface area (Å²) in [5, 5.41) is 13.8. The normalized spacial score (nSPS) is 18.9. The fourth-order valence-electron chi connectivity index (χ4n) is 2.72. The van der Waals surface area contributed by atoms with E-state index in [1.807, 2.05) is 14.0 Å². The molecule has 1 aliphatic rings. The smallest absolute Gasteiger partial charge is 0.245 e. The molecule has 0 saturated carbocycles. The van der Waals surface area contributed by atoms with Gasteiger partial charge in [0.05, 0.1) is 10.6 Å². The topological polar surface area (TPSA) is 82.1 Å². The molecule has 3 heterocycles. The van der Waals surface area contributed by atoms with Crippen LogP contribution in [0.1, 0.15) is 28.9 Å². The lowest BCUT2D eigenvalue weighted by Crippen LogP contribution is -2.47. The summed E-state index contributed by atoms with van der Waals surface area (Å²) in [6.07, 6.45) is 1.59. The number of pyridine rings is 1. The number of aromatic nitrogens is 3. The van der Waals surface area contributed by atoms with Crippen LogP contribution in [0, 0.1) is 25.2 Å². The van der Waals surface area contributed by atoms with Crippen molar-refractivity contribution in [3.63, 3.8) is 0 Å². The van der Waals surface area contributed by atoms with Gasteiger partial charge in [-0.25, -0.2) is 4.98 Å². The predicted molar refractivity (Wildman–Crippen MR) is 85.3 cm³/mol. The number of likely N-dealkylation sites (N-methyl/N-ethyl adjacent to an activating group) is 1. The van der Waals surface area contributed by atoms with Crippen molar-refractivity contribution in [1.82, 2.24) is 20.0 Å². The van der Waals surface area contributed by atoms with E-state index in [1.54, 1.807) is 13.1 Å². The molecule has 0 aliphatic carbocycles. The largest absolute Gasteiger partial charge is 0.352 e. The standard InChI is InChI=1S/C15H17ClN6O/c1-9-11(6-17)14(18-7-12(9)16)22-5-4-21(3)13(8-22)15-19-10(2)20-23-15/h7,13H,4-5,8H2,1-3H3/t13-/m0/s1. The Morgan fingerprint density at radius 3 is 2.83 bits per heavy atom. The Hall–Kier alpha value is -2.17. The first-order chi connectivity index (χ1) is 11.0. The van der Waals surface area contributed by atoms with Gasteiger partial charge in [-0.2, -0.15) is 10.2 Å². The van der Waals surface area contributed by atoms with Gasteiger partial charge >= 0.3 is 0 Å². The zero-order chi connectivity index (χ0) is 16.6. The van der Waals surface area contributed by atoms with Crippen LogP contribution in [0.3, 0.4) is 0 Å². The lowest BCUT2D eigenvalue weighted by atomic mass is 10.1. The van der Waals surface area contributed by atoms with E-state index in [1.165, 1.54) is 0 Å². The Bertz CT molecular complexity index is 768. The molecule has 1 saturated heterocycles. The third-order valence-corrected chi connectivity index (χ3v) is 4.53. The highest BCUT2D eigenvalue weighted by atomic mass is 35.5. The van der Waals surface area contributed by atoms with E-state index in [2.05, 4.69) is 31.0 Å². The third-order valence-electron chi connectivity index (χ3n) is 4.14. The van der Waals surface area contributed by atoms with Crippen LogP contribution in [0.25, 0.3) is 0 Å². The van der Waals surface area contributed by atoms with Crippen molar-refractivity contribution in [3.8, 4) is 6.07 Å². The SMILES string of the molecule is Cc1noc([C@@H]2CN(c3ncc(Cl)c(C)c3C#N)CCN2C)n1. The summed E-state index contributed by atoms with van der Waals surface area (Å²) in [7, 11) is 2.02. The van der Waals surface area contributed by atoms with E-state index in [4.69, 9.17) is 16.1 Å². The van der Waals surface area contributed by atoms with E-state index >= 15 is 0 Å². The zero-order valence-corrected chi connectivity index (χ0v) is 14.0. The van der Waals surface area contributed by atoms with Gasteiger partial charge in [-0.1, -0.05) is 16.8 Å². The van der Waals surface area contributed by atoms with Gasteiger partial charge < -0.3 is 9.42 Å². The van der Waals surface area contributed by atoms with Crippen molar-refractivity contribution < 1.29 is 4.52 Å². The first kappa shape index (κ1) is 15.7. The summed E-state index contributed by atoms with van der Waals surface area (Å²) in [6, 6.07) is 2.19. The van der Waals surface area contributed by atoms with Crippen LogP contribution in [0.4, 0.5) is 5.82 Å². The van der Waals surface area contributed by atoms with Crippen molar-refractivity contribution in [2.45, 2.75) is 19.9 Å². The van der Waals surface area contributed by atoms with Crippen LogP contribution < -0.4 is 4.90 Å². The third kappa shape index (κ3) is 2.87. The van der Waals surface area contributed by atoms with Gasteiger partial charge in [0.15, 0.2) is 5.82 Å². The maximum atomic E-state index is 9.47. The maximum Gasteiger partial charge on any atom is 0.245 e. The van der Waals surface area contributed by atoms with Crippen LogP contribution in [0.5, 0.6) is 0 Å². The average Bonchev–Trinajstić information content (AvgIpc) is 2.97. The molecule has 0 unspecified atom stereocenters. The summed E-state index contributed by atoms with van der Waals surface area (Å²) in [4.78, 5) is 13.0. The van der Waals surface area contributed by atoms with Gasteiger partial charge in [-0.3, -0.25) is 4.90 Å². The number of halogens is 1. The molecule has 0 N–H and O–H groups in total. The van der Waals surface area contributed by atoms with Gasteiger partial charge in [0.2, 0.25) is 5.89 Å². The second-order valence-electron chi connectivity index (χ2n) is 5.66. The van der Waals surface area contributed by atoms with E-state index < -0.39 is 0 Å². The number of nitrogens with zero attached hydrogens (tertiary/aromatic N) is 6. The molecule has 3 rings (SSSR count). The van der Waals surface area contributed by atoms with Crippen molar-refractivity contribution in [3.05, 3.63) is 34.1 Å². The first-order valence-corrected chi connectivity index (χ1v) is 7.69. The molecule has 7 nitrogen and oxygen atoms in total. The maximum absolute atomic E-state index is 9.47. The minimum Gasteiger partial charge on any atom is -0.352 e. The molecule has 120 valence electrons. The van der Waals surface area contributed by atoms with Crippen molar-refractivity contribution in [2.24, 2.45) is 0 Å². The molecular formula is C15H17ClN6O. The van der Waals surface area contributed by atoms with Crippen LogP contribution in [-0.4, -0.2) is 46.7 Å². The van der Waals surface area contributed by atoms with E-state index in [0.29, 0.717) is 34.7 Å². The minimum absolute atomic E-state index is 0.0331. The summed E-state index contributed by atoms with van der Waals surface area (Å²) in [5.41, 5.74) is 1.27. The number of rotatable bonds is 2. The number of aryl methyl sites for hydroxylation is 1. The highest BCUT2D eigenvalue weighted by Gasteiger charge is 2.31. The Kier molecular flexibility index (Phi) is 4.20. The number of hydrogen-bond donors (Lipinski definition) is 0. The van der Waals surface area contributed by atoms with Crippen LogP contribution in [0.2, 0.25) is 5.02 Å². The highest BCUT2D eigenvalue weighted by molar-refractivity contribution is 6.31. The summed E-state index contributed by atoms with van der Waals surface area (Å²) >= 11 is 6.08. The Labute approximate surface area is 139 Å². The lowest BCUT2D eigenvalue weighted by Gasteiger charge is -2.38. The van der Waals surface area contributed by atoms with Crippen LogP contribution in [0.15, 0.2) is 10.7 Å². The second-order valence-corrected chi connectivity index (χ2v) is 6.07. The molecule has 0 radical (unpaired) electrons. The van der Waals surface area contributed by atoms with Crippen LogP contribution >= 0.6 is 11.6 Å². The molecule has 1 aliphatic heterocycles. The average molecular weight is 333 g/mol. The van der Waals surface area contributed by atoms with E-state index in [9.17, 15) is 5.26 Å². The van der Waals surface area contributed by atoms with Crippen molar-refractivity contribution >= 4 is 17.4 Å². The fraction of sp³-hybridized carbons (Fsp3) is 0.467. The monoisotopic (exact) mass is 332 g/mol. The minimum atomic E-state index is -0.0331. The Morgan fingerprint density at radius 1 is 1.39 bits per heavy atom. The molecule has 2 aromatic rings. The Balaban J connectivity index is 1.93. The molecule has 2 aromatic heterocycles. The summed E-state index contributed by atoms with van der Waals surface area (Å²) in [6.45, 7) is 5.83. The molecule has 1 fully saturated rings. The van der Waals surface area contributed by atoms with Gasteiger partial charge in [-0.15, -0.1) is 0 Å². The fourth-order valence-corrected chi connectivity index (χ4v) is 2.86. The molecule has 0 spiro atoms. The molecule has 23 heavy (non-hydrogen) atoms.